The highest BCUT2D eigenvalue weighted by Crippen LogP contribution is 2.40. The van der Waals surface area contributed by atoms with Gasteiger partial charge in [-0.2, -0.15) is 0 Å². The molecule has 2 aliphatic rings. The van der Waals surface area contributed by atoms with Gasteiger partial charge in [-0.1, -0.05) is 31.1 Å². The first-order chi connectivity index (χ1) is 14.2. The van der Waals surface area contributed by atoms with E-state index in [-0.39, 0.29) is 34.3 Å². The molecular weight excluding hydrogens is 388 g/mol. The highest BCUT2D eigenvalue weighted by Gasteiger charge is 2.30. The number of non-ortho nitro benzene ring substituents is 2. The molecule has 0 saturated carbocycles. The van der Waals surface area contributed by atoms with Gasteiger partial charge in [0, 0.05) is 35.2 Å². The largest absolute Gasteiger partial charge is 0.324 e. The Labute approximate surface area is 172 Å². The third kappa shape index (κ3) is 4.10. The Hall–Kier alpha value is -3.49. The molecule has 0 heterocycles. The molecule has 0 amide bonds. The van der Waals surface area contributed by atoms with Crippen LogP contribution in [-0.4, -0.2) is 9.85 Å². The standard InChI is InChI=1S/C10H10N4O2.C10H12N2O2/c1-6-4-7-2-3-8(14(15)16)5-9(7)10(6)12-13-11;1-6-4-7-2-3-8(12(13)14)5-9(7)10(6)11/h2-3,5-6,10H,4H2,1H3;2-3,5-6,10H,4,11H2,1H3. The zero-order valence-electron chi connectivity index (χ0n) is 16.6. The van der Waals surface area contributed by atoms with Gasteiger partial charge in [0.25, 0.3) is 11.4 Å². The fourth-order valence-corrected chi connectivity index (χ4v) is 4.13. The van der Waals surface area contributed by atoms with Crippen molar-refractivity contribution in [2.75, 3.05) is 0 Å². The summed E-state index contributed by atoms with van der Waals surface area (Å²) in [4.78, 5) is 23.2. The Morgan fingerprint density at radius 3 is 2.00 bits per heavy atom. The first kappa shape index (κ1) is 21.2. The summed E-state index contributed by atoms with van der Waals surface area (Å²) < 4.78 is 0. The molecular formula is C20H22N6O4. The minimum absolute atomic E-state index is 0.0472. The maximum atomic E-state index is 10.6. The van der Waals surface area contributed by atoms with Gasteiger partial charge in [0.1, 0.15) is 0 Å². The molecule has 4 atom stereocenters. The van der Waals surface area contributed by atoms with Gasteiger partial charge in [-0.3, -0.25) is 20.2 Å². The van der Waals surface area contributed by atoms with Gasteiger partial charge in [0.15, 0.2) is 0 Å². The first-order valence-corrected chi connectivity index (χ1v) is 9.57. The minimum atomic E-state index is -0.434. The highest BCUT2D eigenvalue weighted by molar-refractivity contribution is 5.45. The van der Waals surface area contributed by atoms with Crippen LogP contribution in [0.1, 0.15) is 48.2 Å². The van der Waals surface area contributed by atoms with E-state index >= 15 is 0 Å². The number of nitro groups is 2. The second-order valence-electron chi connectivity index (χ2n) is 7.82. The van der Waals surface area contributed by atoms with Crippen molar-refractivity contribution in [1.29, 1.82) is 0 Å². The Balaban J connectivity index is 0.000000172. The normalized spacial score (nSPS) is 23.4. The Bertz CT molecular complexity index is 1050. The lowest BCUT2D eigenvalue weighted by Gasteiger charge is -2.08. The molecule has 2 aliphatic carbocycles. The molecule has 2 N–H and O–H groups in total. The fraction of sp³-hybridized carbons (Fsp3) is 0.400. The number of azide groups is 1. The fourth-order valence-electron chi connectivity index (χ4n) is 4.13. The molecule has 0 radical (unpaired) electrons. The summed E-state index contributed by atoms with van der Waals surface area (Å²) in [5.41, 5.74) is 18.5. The van der Waals surface area contributed by atoms with Crippen LogP contribution in [0.25, 0.3) is 10.4 Å². The molecule has 4 rings (SSSR count). The van der Waals surface area contributed by atoms with Gasteiger partial charge >= 0.3 is 0 Å². The second-order valence-corrected chi connectivity index (χ2v) is 7.82. The van der Waals surface area contributed by atoms with Crippen molar-refractivity contribution in [3.05, 3.63) is 89.3 Å². The van der Waals surface area contributed by atoms with Crippen LogP contribution in [0.5, 0.6) is 0 Å². The summed E-state index contributed by atoms with van der Waals surface area (Å²) in [6, 6.07) is 9.38. The van der Waals surface area contributed by atoms with Crippen molar-refractivity contribution in [3.8, 4) is 0 Å². The number of hydrogen-bond acceptors (Lipinski definition) is 6. The van der Waals surface area contributed by atoms with Crippen LogP contribution in [0.15, 0.2) is 41.5 Å². The minimum Gasteiger partial charge on any atom is -0.324 e. The molecule has 2 aromatic carbocycles. The van der Waals surface area contributed by atoms with Crippen molar-refractivity contribution in [1.82, 2.24) is 0 Å². The molecule has 0 aromatic heterocycles. The number of nitrogens with two attached hydrogens (primary N) is 1. The van der Waals surface area contributed by atoms with Crippen LogP contribution in [-0.2, 0) is 12.8 Å². The Kier molecular flexibility index (Phi) is 6.00. The van der Waals surface area contributed by atoms with E-state index in [1.54, 1.807) is 18.2 Å². The van der Waals surface area contributed by atoms with E-state index < -0.39 is 4.92 Å². The number of nitrogens with zero attached hydrogens (tertiary/aromatic N) is 5. The predicted molar refractivity (Wildman–Crippen MR) is 111 cm³/mol. The zero-order chi connectivity index (χ0) is 22.0. The topological polar surface area (TPSA) is 161 Å². The van der Waals surface area contributed by atoms with Crippen molar-refractivity contribution in [3.63, 3.8) is 0 Å². The molecule has 156 valence electrons. The maximum Gasteiger partial charge on any atom is 0.269 e. The number of fused-ring (bicyclic) bond motifs is 2. The van der Waals surface area contributed by atoms with Crippen molar-refractivity contribution in [2.45, 2.75) is 38.8 Å². The molecule has 0 bridgehead atoms. The number of benzene rings is 2. The zero-order valence-corrected chi connectivity index (χ0v) is 16.6. The van der Waals surface area contributed by atoms with Crippen molar-refractivity contribution < 1.29 is 9.85 Å². The third-order valence-corrected chi connectivity index (χ3v) is 5.77. The monoisotopic (exact) mass is 410 g/mol. The first-order valence-electron chi connectivity index (χ1n) is 9.57. The molecule has 10 heteroatoms. The smallest absolute Gasteiger partial charge is 0.269 e. The molecule has 0 fully saturated rings. The summed E-state index contributed by atoms with van der Waals surface area (Å²) in [5.74, 6) is 0.583. The predicted octanol–water partition coefficient (Wildman–Crippen LogP) is 4.93. The van der Waals surface area contributed by atoms with Gasteiger partial charge in [0.05, 0.1) is 15.9 Å². The number of rotatable bonds is 3. The van der Waals surface area contributed by atoms with Crippen LogP contribution < -0.4 is 5.73 Å². The molecule has 0 aliphatic heterocycles. The van der Waals surface area contributed by atoms with Gasteiger partial charge in [-0.25, -0.2) is 0 Å². The Morgan fingerprint density at radius 2 is 1.47 bits per heavy atom. The van der Waals surface area contributed by atoms with E-state index in [4.69, 9.17) is 11.3 Å². The number of nitro benzene ring substituents is 2. The van der Waals surface area contributed by atoms with Crippen LogP contribution in [0.2, 0.25) is 0 Å². The number of hydrogen-bond donors (Lipinski definition) is 1. The van der Waals surface area contributed by atoms with Crippen molar-refractivity contribution in [2.24, 2.45) is 22.7 Å². The van der Waals surface area contributed by atoms with Gasteiger partial charge in [-0.05, 0) is 52.5 Å². The molecule has 0 spiro atoms. The lowest BCUT2D eigenvalue weighted by atomic mass is 10.0. The molecule has 30 heavy (non-hydrogen) atoms. The maximum absolute atomic E-state index is 10.6. The van der Waals surface area contributed by atoms with E-state index in [9.17, 15) is 20.2 Å². The van der Waals surface area contributed by atoms with E-state index in [1.807, 2.05) is 13.0 Å². The summed E-state index contributed by atoms with van der Waals surface area (Å²) in [6.07, 6.45) is 1.73. The second kappa shape index (κ2) is 8.48. The van der Waals surface area contributed by atoms with Gasteiger partial charge in [-0.15, -0.1) is 0 Å². The average Bonchev–Trinajstić information content (AvgIpc) is 3.17. The van der Waals surface area contributed by atoms with E-state index in [0.717, 1.165) is 35.1 Å². The van der Waals surface area contributed by atoms with Crippen LogP contribution in [0, 0.1) is 32.1 Å². The van der Waals surface area contributed by atoms with Crippen LogP contribution >= 0.6 is 0 Å². The van der Waals surface area contributed by atoms with Gasteiger partial charge in [0.2, 0.25) is 0 Å². The van der Waals surface area contributed by atoms with E-state index in [1.165, 1.54) is 12.1 Å². The molecule has 2 aromatic rings. The lowest BCUT2D eigenvalue weighted by Crippen LogP contribution is -2.13. The summed E-state index contributed by atoms with van der Waals surface area (Å²) >= 11 is 0. The SMILES string of the molecule is CC1Cc2ccc([N+](=O)[O-])cc2C1N.CC1Cc2ccc([N+](=O)[O-])cc2C1N=[N+]=[N-]. The lowest BCUT2D eigenvalue weighted by molar-refractivity contribution is -0.385. The van der Waals surface area contributed by atoms with Crippen LogP contribution in [0.4, 0.5) is 11.4 Å². The summed E-state index contributed by atoms with van der Waals surface area (Å²) in [5, 5.41) is 24.9. The van der Waals surface area contributed by atoms with Crippen molar-refractivity contribution >= 4 is 11.4 Å². The highest BCUT2D eigenvalue weighted by atomic mass is 16.6. The van der Waals surface area contributed by atoms with Crippen LogP contribution in [0.3, 0.4) is 0 Å². The molecule has 0 saturated heterocycles. The van der Waals surface area contributed by atoms with E-state index in [2.05, 4.69) is 16.9 Å². The average molecular weight is 410 g/mol. The quantitative estimate of drug-likeness (QED) is 0.249. The molecule has 4 unspecified atom stereocenters. The summed E-state index contributed by atoms with van der Waals surface area (Å²) in [6.45, 7) is 4.04. The third-order valence-electron chi connectivity index (χ3n) is 5.77. The van der Waals surface area contributed by atoms with Gasteiger partial charge < -0.3 is 5.73 Å². The summed E-state index contributed by atoms with van der Waals surface area (Å²) in [7, 11) is 0. The Morgan fingerprint density at radius 1 is 0.967 bits per heavy atom. The molecule has 10 nitrogen and oxygen atoms in total. The van der Waals surface area contributed by atoms with E-state index in [0.29, 0.717) is 5.92 Å².